The maximum Gasteiger partial charge on any atom is 0.161 e. The van der Waals surface area contributed by atoms with Gasteiger partial charge in [-0.3, -0.25) is 0 Å². The van der Waals surface area contributed by atoms with E-state index in [1.165, 1.54) is 16.7 Å². The van der Waals surface area contributed by atoms with Gasteiger partial charge in [0.05, 0.1) is 14.2 Å². The molecule has 1 aliphatic heterocycles. The molecule has 0 bridgehead atoms. The molecule has 0 amide bonds. The van der Waals surface area contributed by atoms with Gasteiger partial charge in [-0.2, -0.15) is 0 Å². The zero-order valence-electron chi connectivity index (χ0n) is 13.4. The lowest BCUT2D eigenvalue weighted by atomic mass is 9.90. The van der Waals surface area contributed by atoms with Gasteiger partial charge >= 0.3 is 0 Å². The van der Waals surface area contributed by atoms with Crippen LogP contribution in [0.25, 0.3) is 6.08 Å². The summed E-state index contributed by atoms with van der Waals surface area (Å²) in [5.74, 6) is 1.57. The van der Waals surface area contributed by atoms with Crippen LogP contribution < -0.4 is 9.47 Å². The second-order valence-electron chi connectivity index (χ2n) is 6.15. The Morgan fingerprint density at radius 1 is 1.18 bits per heavy atom. The van der Waals surface area contributed by atoms with E-state index in [1.807, 2.05) is 0 Å². The molecule has 1 aromatic rings. The predicted molar refractivity (Wildman–Crippen MR) is 86.4 cm³/mol. The molecule has 4 heteroatoms. The Bertz CT molecular complexity index is 570. The monoisotopic (exact) mass is 305 g/mol. The Balaban J connectivity index is 1.69. The topological polar surface area (TPSA) is 21.7 Å². The van der Waals surface area contributed by atoms with Gasteiger partial charge in [-0.1, -0.05) is 11.6 Å². The van der Waals surface area contributed by atoms with Crippen molar-refractivity contribution in [1.82, 2.24) is 4.90 Å². The second-order valence-corrected chi connectivity index (χ2v) is 6.15. The van der Waals surface area contributed by atoms with E-state index in [9.17, 15) is 4.39 Å². The molecule has 120 valence electrons. The quantitative estimate of drug-likeness (QED) is 0.831. The molecule has 1 heterocycles. The molecule has 1 fully saturated rings. The van der Waals surface area contributed by atoms with Crippen LogP contribution in [0.15, 0.2) is 17.7 Å². The summed E-state index contributed by atoms with van der Waals surface area (Å²) in [5, 5.41) is 0. The SMILES string of the molecule is COc1cc2c(cc1OC)CCC(CCN1CCC(F)C1)=C2. The molecule has 1 unspecified atom stereocenters. The Morgan fingerprint density at radius 3 is 2.64 bits per heavy atom. The van der Waals surface area contributed by atoms with Gasteiger partial charge in [0.2, 0.25) is 0 Å². The highest BCUT2D eigenvalue weighted by molar-refractivity contribution is 5.64. The number of hydrogen-bond acceptors (Lipinski definition) is 3. The first-order chi connectivity index (χ1) is 10.7. The average Bonchev–Trinajstić information content (AvgIpc) is 2.96. The molecule has 0 saturated carbocycles. The van der Waals surface area contributed by atoms with Crippen molar-refractivity contribution in [3.63, 3.8) is 0 Å². The molecule has 3 rings (SSSR count). The van der Waals surface area contributed by atoms with Gasteiger partial charge in [-0.05, 0) is 48.9 Å². The minimum Gasteiger partial charge on any atom is -0.493 e. The number of halogens is 1. The first-order valence-electron chi connectivity index (χ1n) is 8.00. The molecule has 1 atom stereocenters. The van der Waals surface area contributed by atoms with Gasteiger partial charge in [0.25, 0.3) is 0 Å². The smallest absolute Gasteiger partial charge is 0.161 e. The third-order valence-electron chi connectivity index (χ3n) is 4.68. The van der Waals surface area contributed by atoms with E-state index in [4.69, 9.17) is 9.47 Å². The van der Waals surface area contributed by atoms with Crippen LogP contribution in [-0.2, 0) is 6.42 Å². The number of ether oxygens (including phenoxy) is 2. The summed E-state index contributed by atoms with van der Waals surface area (Å²) < 4.78 is 24.0. The van der Waals surface area contributed by atoms with Crippen LogP contribution in [0.4, 0.5) is 4.39 Å². The van der Waals surface area contributed by atoms with E-state index in [0.29, 0.717) is 13.0 Å². The first-order valence-corrected chi connectivity index (χ1v) is 8.00. The highest BCUT2D eigenvalue weighted by Crippen LogP contribution is 2.35. The number of fused-ring (bicyclic) bond motifs is 1. The zero-order valence-corrected chi connectivity index (χ0v) is 13.4. The summed E-state index contributed by atoms with van der Waals surface area (Å²) in [5.41, 5.74) is 3.98. The van der Waals surface area contributed by atoms with Crippen LogP contribution in [-0.4, -0.2) is 44.9 Å². The van der Waals surface area contributed by atoms with Gasteiger partial charge in [0.1, 0.15) is 6.17 Å². The van der Waals surface area contributed by atoms with Crippen molar-refractivity contribution >= 4 is 6.08 Å². The molecular weight excluding hydrogens is 281 g/mol. The number of likely N-dealkylation sites (tertiary alicyclic amines) is 1. The normalized spacial score (nSPS) is 21.4. The summed E-state index contributed by atoms with van der Waals surface area (Å²) in [6.07, 6.45) is 5.48. The summed E-state index contributed by atoms with van der Waals surface area (Å²) in [6, 6.07) is 4.14. The highest BCUT2D eigenvalue weighted by atomic mass is 19.1. The molecule has 0 aromatic heterocycles. The maximum absolute atomic E-state index is 13.2. The molecule has 0 N–H and O–H groups in total. The fourth-order valence-electron chi connectivity index (χ4n) is 3.36. The number of nitrogens with zero attached hydrogens (tertiary/aromatic N) is 1. The summed E-state index contributed by atoms with van der Waals surface area (Å²) in [4.78, 5) is 2.23. The highest BCUT2D eigenvalue weighted by Gasteiger charge is 2.22. The van der Waals surface area contributed by atoms with E-state index in [1.54, 1.807) is 14.2 Å². The summed E-state index contributed by atoms with van der Waals surface area (Å²) >= 11 is 0. The molecule has 0 spiro atoms. The van der Waals surface area contributed by atoms with Crippen molar-refractivity contribution in [2.75, 3.05) is 33.9 Å². The van der Waals surface area contributed by atoms with Gasteiger partial charge in [-0.25, -0.2) is 4.39 Å². The molecule has 1 aromatic carbocycles. The Morgan fingerprint density at radius 2 is 1.95 bits per heavy atom. The number of alkyl halides is 1. The van der Waals surface area contributed by atoms with Gasteiger partial charge in [-0.15, -0.1) is 0 Å². The standard InChI is InChI=1S/C18H24FNO2/c1-21-17-10-14-4-3-13(9-15(14)11-18(17)22-2)5-7-20-8-6-16(19)12-20/h9-11,16H,3-8,12H2,1-2H3. The summed E-state index contributed by atoms with van der Waals surface area (Å²) in [6.45, 7) is 2.47. The van der Waals surface area contributed by atoms with Gasteiger partial charge in [0.15, 0.2) is 11.5 Å². The van der Waals surface area contributed by atoms with Crippen LogP contribution >= 0.6 is 0 Å². The molecule has 22 heavy (non-hydrogen) atoms. The minimum absolute atomic E-state index is 0.606. The molecular formula is C18H24FNO2. The zero-order chi connectivity index (χ0) is 15.5. The van der Waals surface area contributed by atoms with E-state index in [2.05, 4.69) is 23.1 Å². The average molecular weight is 305 g/mol. The van der Waals surface area contributed by atoms with Gasteiger partial charge < -0.3 is 14.4 Å². The van der Waals surface area contributed by atoms with Crippen LogP contribution in [0.3, 0.4) is 0 Å². The molecule has 0 radical (unpaired) electrons. The molecule has 3 nitrogen and oxygen atoms in total. The van der Waals surface area contributed by atoms with Crippen molar-refractivity contribution < 1.29 is 13.9 Å². The van der Waals surface area contributed by atoms with Crippen molar-refractivity contribution in [2.24, 2.45) is 0 Å². The molecule has 1 aliphatic carbocycles. The van der Waals surface area contributed by atoms with Crippen molar-refractivity contribution in [2.45, 2.75) is 31.9 Å². The third kappa shape index (κ3) is 3.27. The first kappa shape index (κ1) is 15.3. The van der Waals surface area contributed by atoms with E-state index >= 15 is 0 Å². The molecule has 2 aliphatic rings. The lowest BCUT2D eigenvalue weighted by Gasteiger charge is -2.21. The number of benzene rings is 1. The molecule has 1 saturated heterocycles. The van der Waals surface area contributed by atoms with E-state index < -0.39 is 6.17 Å². The van der Waals surface area contributed by atoms with Crippen LogP contribution in [0.5, 0.6) is 11.5 Å². The van der Waals surface area contributed by atoms with Crippen molar-refractivity contribution in [1.29, 1.82) is 0 Å². The summed E-state index contributed by atoms with van der Waals surface area (Å²) in [7, 11) is 3.33. The van der Waals surface area contributed by atoms with Crippen LogP contribution in [0, 0.1) is 0 Å². The van der Waals surface area contributed by atoms with Crippen LogP contribution in [0.2, 0.25) is 0 Å². The van der Waals surface area contributed by atoms with E-state index in [0.717, 1.165) is 43.9 Å². The lowest BCUT2D eigenvalue weighted by molar-refractivity contribution is 0.289. The second kappa shape index (κ2) is 6.69. The van der Waals surface area contributed by atoms with Gasteiger partial charge in [0, 0.05) is 19.6 Å². The van der Waals surface area contributed by atoms with Crippen molar-refractivity contribution in [3.05, 3.63) is 28.8 Å². The van der Waals surface area contributed by atoms with Crippen molar-refractivity contribution in [3.8, 4) is 11.5 Å². The number of hydrogen-bond donors (Lipinski definition) is 0. The fraction of sp³-hybridized carbons (Fsp3) is 0.556. The maximum atomic E-state index is 13.2. The number of aryl methyl sites for hydroxylation is 1. The fourth-order valence-corrected chi connectivity index (χ4v) is 3.36. The minimum atomic E-state index is -0.627. The third-order valence-corrected chi connectivity index (χ3v) is 4.68. The predicted octanol–water partition coefficient (Wildman–Crippen LogP) is 3.47. The Labute approximate surface area is 131 Å². The largest absolute Gasteiger partial charge is 0.493 e. The lowest BCUT2D eigenvalue weighted by Crippen LogP contribution is -2.22. The van der Waals surface area contributed by atoms with Crippen LogP contribution in [0.1, 0.15) is 30.4 Å². The Hall–Kier alpha value is -1.55. The number of rotatable bonds is 5. The number of methoxy groups -OCH3 is 2. The van der Waals surface area contributed by atoms with E-state index in [-0.39, 0.29) is 0 Å². The Kier molecular flexibility index (Phi) is 4.67.